The molecule has 1 aromatic heterocycles. The first-order valence-electron chi connectivity index (χ1n) is 6.94. The van der Waals surface area contributed by atoms with Crippen molar-refractivity contribution in [3.8, 4) is 5.75 Å². The number of benzene rings is 1. The number of nitrogens with zero attached hydrogens (tertiary/aromatic N) is 1. The first-order valence-corrected chi connectivity index (χ1v) is 6.94. The van der Waals surface area contributed by atoms with E-state index >= 15 is 0 Å². The fraction of sp³-hybridized carbons (Fsp3) is 0.333. The van der Waals surface area contributed by atoms with Gasteiger partial charge in [-0.05, 0) is 25.5 Å². The largest absolute Gasteiger partial charge is 0.488 e. The number of aromatic amines is 1. The quantitative estimate of drug-likeness (QED) is 0.809. The van der Waals surface area contributed by atoms with Crippen molar-refractivity contribution in [1.82, 2.24) is 15.5 Å². The van der Waals surface area contributed by atoms with Crippen molar-refractivity contribution < 1.29 is 9.53 Å². The van der Waals surface area contributed by atoms with E-state index in [0.29, 0.717) is 6.54 Å². The number of rotatable bonds is 3. The maximum Gasteiger partial charge on any atom is 0.319 e. The third-order valence-electron chi connectivity index (χ3n) is 3.57. The molecule has 1 unspecified atom stereocenters. The van der Waals surface area contributed by atoms with Gasteiger partial charge in [0, 0.05) is 6.42 Å². The van der Waals surface area contributed by atoms with Crippen LogP contribution in [0.5, 0.6) is 5.75 Å². The summed E-state index contributed by atoms with van der Waals surface area (Å²) in [5.41, 5.74) is 3.52. The minimum absolute atomic E-state index is 0.0142. The van der Waals surface area contributed by atoms with Gasteiger partial charge in [-0.15, -0.1) is 0 Å². The number of aromatic nitrogens is 2. The molecule has 0 radical (unpaired) electrons. The van der Waals surface area contributed by atoms with Crippen LogP contribution < -0.4 is 15.4 Å². The molecule has 1 aromatic carbocycles. The lowest BCUT2D eigenvalue weighted by Crippen LogP contribution is -2.37. The number of H-pyrrole nitrogens is 1. The SMILES string of the molecule is Cc1n[nH]c(C)c1NC(=O)NCC1Cc2ccccc2O1. The number of ether oxygens (including phenoxy) is 1. The number of hydrogen-bond acceptors (Lipinski definition) is 3. The van der Waals surface area contributed by atoms with Crippen molar-refractivity contribution in [3.05, 3.63) is 41.2 Å². The molecule has 6 heteroatoms. The van der Waals surface area contributed by atoms with Crippen LogP contribution in [0.25, 0.3) is 0 Å². The number of amides is 2. The Morgan fingerprint density at radius 3 is 2.95 bits per heavy atom. The van der Waals surface area contributed by atoms with Gasteiger partial charge in [-0.3, -0.25) is 5.10 Å². The van der Waals surface area contributed by atoms with Gasteiger partial charge < -0.3 is 15.4 Å². The number of carbonyl (C=O) groups excluding carboxylic acids is 1. The Morgan fingerprint density at radius 1 is 1.43 bits per heavy atom. The zero-order chi connectivity index (χ0) is 14.8. The van der Waals surface area contributed by atoms with Gasteiger partial charge in [0.1, 0.15) is 11.9 Å². The maximum atomic E-state index is 11.9. The number of hydrogen-bond donors (Lipinski definition) is 3. The van der Waals surface area contributed by atoms with E-state index in [1.165, 1.54) is 5.56 Å². The molecular formula is C15H18N4O2. The van der Waals surface area contributed by atoms with Crippen LogP contribution in [-0.4, -0.2) is 28.9 Å². The summed E-state index contributed by atoms with van der Waals surface area (Å²) in [5.74, 6) is 0.909. The van der Waals surface area contributed by atoms with Crippen LogP contribution in [0.3, 0.4) is 0 Å². The van der Waals surface area contributed by atoms with Crippen molar-refractivity contribution in [1.29, 1.82) is 0 Å². The molecule has 0 bridgehead atoms. The number of carbonyl (C=O) groups is 1. The van der Waals surface area contributed by atoms with Gasteiger partial charge in [0.15, 0.2) is 0 Å². The summed E-state index contributed by atoms with van der Waals surface area (Å²) >= 11 is 0. The van der Waals surface area contributed by atoms with Crippen LogP contribution in [0.2, 0.25) is 0 Å². The molecule has 2 aromatic rings. The van der Waals surface area contributed by atoms with Gasteiger partial charge in [0.2, 0.25) is 0 Å². The Labute approximate surface area is 122 Å². The fourth-order valence-electron chi connectivity index (χ4n) is 2.47. The lowest BCUT2D eigenvalue weighted by atomic mass is 10.1. The summed E-state index contributed by atoms with van der Waals surface area (Å²) in [4.78, 5) is 11.9. The zero-order valence-corrected chi connectivity index (χ0v) is 12.1. The Balaban J connectivity index is 1.52. The third-order valence-corrected chi connectivity index (χ3v) is 3.57. The van der Waals surface area contributed by atoms with Gasteiger partial charge in [-0.25, -0.2) is 4.79 Å². The molecule has 21 heavy (non-hydrogen) atoms. The monoisotopic (exact) mass is 286 g/mol. The molecule has 3 N–H and O–H groups in total. The van der Waals surface area contributed by atoms with Crippen LogP contribution in [0.1, 0.15) is 17.0 Å². The summed E-state index contributed by atoms with van der Waals surface area (Å²) in [6.45, 7) is 4.18. The van der Waals surface area contributed by atoms with Gasteiger partial charge >= 0.3 is 6.03 Å². The van der Waals surface area contributed by atoms with Crippen molar-refractivity contribution in [2.45, 2.75) is 26.4 Å². The van der Waals surface area contributed by atoms with Crippen molar-refractivity contribution >= 4 is 11.7 Å². The van der Waals surface area contributed by atoms with Crippen LogP contribution in [0.4, 0.5) is 10.5 Å². The van der Waals surface area contributed by atoms with Crippen molar-refractivity contribution in [2.75, 3.05) is 11.9 Å². The molecule has 1 atom stereocenters. The number of anilines is 1. The van der Waals surface area contributed by atoms with E-state index in [4.69, 9.17) is 4.74 Å². The molecule has 2 amide bonds. The highest BCUT2D eigenvalue weighted by Gasteiger charge is 2.22. The van der Waals surface area contributed by atoms with E-state index in [2.05, 4.69) is 20.8 Å². The van der Waals surface area contributed by atoms with Gasteiger partial charge in [0.05, 0.1) is 23.6 Å². The normalized spacial score (nSPS) is 16.2. The number of aryl methyl sites for hydroxylation is 2. The summed E-state index contributed by atoms with van der Waals surface area (Å²) in [6, 6.07) is 7.70. The van der Waals surface area contributed by atoms with E-state index in [1.807, 2.05) is 38.1 Å². The van der Waals surface area contributed by atoms with E-state index < -0.39 is 0 Å². The first-order chi connectivity index (χ1) is 10.1. The predicted molar refractivity (Wildman–Crippen MR) is 79.6 cm³/mol. The second-order valence-electron chi connectivity index (χ2n) is 5.20. The highest BCUT2D eigenvalue weighted by atomic mass is 16.5. The van der Waals surface area contributed by atoms with Crippen molar-refractivity contribution in [3.63, 3.8) is 0 Å². The summed E-state index contributed by atoms with van der Waals surface area (Å²) in [6.07, 6.45) is 0.805. The molecule has 1 aliphatic rings. The van der Waals surface area contributed by atoms with E-state index in [9.17, 15) is 4.79 Å². The summed E-state index contributed by atoms with van der Waals surface area (Å²) in [5, 5.41) is 12.5. The third kappa shape index (κ3) is 2.84. The molecule has 0 aliphatic carbocycles. The van der Waals surface area contributed by atoms with Crippen molar-refractivity contribution in [2.24, 2.45) is 0 Å². The summed E-state index contributed by atoms with van der Waals surface area (Å²) in [7, 11) is 0. The Kier molecular flexibility index (Phi) is 3.51. The highest BCUT2D eigenvalue weighted by Crippen LogP contribution is 2.27. The van der Waals surface area contributed by atoms with Crippen LogP contribution in [-0.2, 0) is 6.42 Å². The molecule has 1 aliphatic heterocycles. The molecular weight excluding hydrogens is 268 g/mol. The Hall–Kier alpha value is -2.50. The molecule has 0 saturated carbocycles. The molecule has 6 nitrogen and oxygen atoms in total. The summed E-state index contributed by atoms with van der Waals surface area (Å²) < 4.78 is 5.78. The molecule has 2 heterocycles. The molecule has 0 fully saturated rings. The number of fused-ring (bicyclic) bond motifs is 1. The van der Waals surface area contributed by atoms with Gasteiger partial charge in [-0.1, -0.05) is 18.2 Å². The molecule has 3 rings (SSSR count). The predicted octanol–water partition coefficient (Wildman–Crippen LogP) is 2.15. The first kappa shape index (κ1) is 13.5. The molecule has 0 saturated heterocycles. The average molecular weight is 286 g/mol. The van der Waals surface area contributed by atoms with Gasteiger partial charge in [0.25, 0.3) is 0 Å². The maximum absolute atomic E-state index is 11.9. The van der Waals surface area contributed by atoms with Crippen LogP contribution in [0.15, 0.2) is 24.3 Å². The highest BCUT2D eigenvalue weighted by molar-refractivity contribution is 5.90. The molecule has 110 valence electrons. The lowest BCUT2D eigenvalue weighted by Gasteiger charge is -2.12. The topological polar surface area (TPSA) is 79.0 Å². The Morgan fingerprint density at radius 2 is 2.24 bits per heavy atom. The van der Waals surface area contributed by atoms with Crippen LogP contribution >= 0.6 is 0 Å². The van der Waals surface area contributed by atoms with E-state index in [-0.39, 0.29) is 12.1 Å². The fourth-order valence-corrected chi connectivity index (χ4v) is 2.47. The second kappa shape index (κ2) is 5.47. The number of para-hydroxylation sites is 1. The second-order valence-corrected chi connectivity index (χ2v) is 5.20. The Bertz CT molecular complexity index is 621. The molecule has 0 spiro atoms. The van der Waals surface area contributed by atoms with Crippen LogP contribution in [0, 0.1) is 13.8 Å². The van der Waals surface area contributed by atoms with E-state index in [1.54, 1.807) is 0 Å². The average Bonchev–Trinajstić information content (AvgIpc) is 3.03. The standard InChI is InChI=1S/C15H18N4O2/c1-9-14(10(2)19-18-9)17-15(20)16-8-12-7-11-5-3-4-6-13(11)21-12/h3-6,12H,7-8H2,1-2H3,(H,18,19)(H2,16,17,20). The number of nitrogens with one attached hydrogen (secondary N) is 3. The minimum atomic E-state index is -0.248. The van der Waals surface area contributed by atoms with E-state index in [0.717, 1.165) is 29.2 Å². The zero-order valence-electron chi connectivity index (χ0n) is 12.1. The minimum Gasteiger partial charge on any atom is -0.488 e. The smallest absolute Gasteiger partial charge is 0.319 e. The van der Waals surface area contributed by atoms with Gasteiger partial charge in [-0.2, -0.15) is 5.10 Å². The number of urea groups is 1. The lowest BCUT2D eigenvalue weighted by molar-refractivity contribution is 0.219.